The van der Waals surface area contributed by atoms with Crippen molar-refractivity contribution in [3.63, 3.8) is 0 Å². The number of rotatable bonds is 3. The van der Waals surface area contributed by atoms with E-state index in [1.165, 1.54) is 44.0 Å². The standard InChI is InChI=1S/C40H27N5/c1-5-15-33-29(11-1)30-12-2-6-16-34(30)43(33)26-23-27(44-35-17-7-3-13-31(35)32-14-4-8-18-36(32)44)25-28(24-26)45-37-19-9-21-41-39(37)40-38(45)20-10-22-42-40/h1-7,9-17,19-25H,8,18H2. The second-order valence-electron chi connectivity index (χ2n) is 11.8. The SMILES string of the molecule is C1=Cc2c(n(-c3cc(-n4c5ccccc5c5ccccc54)cc(-n4c5cccnc5c5ncccc54)c3)c3ccccc23)CC1. The number of allylic oxidation sites excluding steroid dienone is 1. The van der Waals surface area contributed by atoms with Gasteiger partial charge in [0.2, 0.25) is 0 Å². The zero-order valence-corrected chi connectivity index (χ0v) is 24.4. The topological polar surface area (TPSA) is 40.6 Å². The Kier molecular flexibility index (Phi) is 5.05. The highest BCUT2D eigenvalue weighted by atomic mass is 15.1. The smallest absolute Gasteiger partial charge is 0.115 e. The number of nitrogens with zero attached hydrogens (tertiary/aromatic N) is 5. The van der Waals surface area contributed by atoms with Crippen LogP contribution in [-0.4, -0.2) is 23.7 Å². The van der Waals surface area contributed by atoms with E-state index in [0.29, 0.717) is 0 Å². The van der Waals surface area contributed by atoms with Gasteiger partial charge in [-0.2, -0.15) is 0 Å². The second-order valence-corrected chi connectivity index (χ2v) is 11.8. The maximum Gasteiger partial charge on any atom is 0.115 e. The molecule has 5 nitrogen and oxygen atoms in total. The number of hydrogen-bond acceptors (Lipinski definition) is 2. The van der Waals surface area contributed by atoms with E-state index in [0.717, 1.165) is 52.0 Å². The number of benzene rings is 4. The highest BCUT2D eigenvalue weighted by Gasteiger charge is 2.22. The van der Waals surface area contributed by atoms with E-state index in [1.54, 1.807) is 0 Å². The summed E-state index contributed by atoms with van der Waals surface area (Å²) in [7, 11) is 0. The highest BCUT2D eigenvalue weighted by molar-refractivity contribution is 6.09. The Morgan fingerprint density at radius 3 is 1.53 bits per heavy atom. The van der Waals surface area contributed by atoms with Gasteiger partial charge in [0.15, 0.2) is 0 Å². The average Bonchev–Trinajstić information content (AvgIpc) is 3.74. The van der Waals surface area contributed by atoms with Crippen molar-refractivity contribution < 1.29 is 0 Å². The van der Waals surface area contributed by atoms with E-state index in [-0.39, 0.29) is 0 Å². The summed E-state index contributed by atoms with van der Waals surface area (Å²) in [6.45, 7) is 0. The van der Waals surface area contributed by atoms with E-state index in [2.05, 4.69) is 129 Å². The van der Waals surface area contributed by atoms with Crippen molar-refractivity contribution in [3.8, 4) is 17.1 Å². The van der Waals surface area contributed by atoms with Gasteiger partial charge in [0.25, 0.3) is 0 Å². The Labute approximate surface area is 258 Å². The number of para-hydroxylation sites is 3. The van der Waals surface area contributed by atoms with Gasteiger partial charge in [-0.3, -0.25) is 9.97 Å². The number of fused-ring (bicyclic) bond motifs is 9. The lowest BCUT2D eigenvalue weighted by Crippen LogP contribution is -2.06. The van der Waals surface area contributed by atoms with Crippen LogP contribution in [0.25, 0.3) is 77.9 Å². The van der Waals surface area contributed by atoms with Crippen molar-refractivity contribution in [2.45, 2.75) is 12.8 Å². The van der Waals surface area contributed by atoms with Gasteiger partial charge in [0.05, 0.1) is 44.6 Å². The Hall–Kier alpha value is -5.94. The van der Waals surface area contributed by atoms with Crippen molar-refractivity contribution in [2.24, 2.45) is 0 Å². The number of aromatic nitrogens is 5. The van der Waals surface area contributed by atoms with Crippen molar-refractivity contribution in [3.05, 3.63) is 145 Å². The first-order valence-corrected chi connectivity index (χ1v) is 15.5. The lowest BCUT2D eigenvalue weighted by molar-refractivity contribution is 0.886. The van der Waals surface area contributed by atoms with Crippen LogP contribution in [0.15, 0.2) is 134 Å². The normalized spacial score (nSPS) is 13.1. The van der Waals surface area contributed by atoms with Gasteiger partial charge in [-0.1, -0.05) is 66.7 Å². The van der Waals surface area contributed by atoms with Crippen molar-refractivity contribution in [2.75, 3.05) is 0 Å². The van der Waals surface area contributed by atoms with Crippen LogP contribution < -0.4 is 0 Å². The Morgan fingerprint density at radius 2 is 0.933 bits per heavy atom. The van der Waals surface area contributed by atoms with Crippen molar-refractivity contribution in [1.82, 2.24) is 23.7 Å². The van der Waals surface area contributed by atoms with Crippen LogP contribution >= 0.6 is 0 Å². The summed E-state index contributed by atoms with van der Waals surface area (Å²) in [6.07, 6.45) is 10.3. The fourth-order valence-corrected chi connectivity index (χ4v) is 7.56. The first-order chi connectivity index (χ1) is 22.3. The molecule has 0 bridgehead atoms. The molecule has 4 aromatic carbocycles. The zero-order chi connectivity index (χ0) is 29.5. The minimum Gasteiger partial charge on any atom is -0.313 e. The van der Waals surface area contributed by atoms with Crippen LogP contribution in [0, 0.1) is 0 Å². The summed E-state index contributed by atoms with van der Waals surface area (Å²) in [4.78, 5) is 9.56. The summed E-state index contributed by atoms with van der Waals surface area (Å²) >= 11 is 0. The zero-order valence-electron chi connectivity index (χ0n) is 24.4. The molecular formula is C40H27N5. The minimum atomic E-state index is 0.908. The highest BCUT2D eigenvalue weighted by Crippen LogP contribution is 2.38. The maximum atomic E-state index is 4.78. The van der Waals surface area contributed by atoms with Gasteiger partial charge >= 0.3 is 0 Å². The molecule has 0 unspecified atom stereocenters. The van der Waals surface area contributed by atoms with Crippen LogP contribution in [-0.2, 0) is 6.42 Å². The molecule has 5 heteroatoms. The van der Waals surface area contributed by atoms with Crippen LogP contribution in [0.4, 0.5) is 0 Å². The van der Waals surface area contributed by atoms with Gasteiger partial charge in [-0.15, -0.1) is 0 Å². The molecule has 45 heavy (non-hydrogen) atoms. The van der Waals surface area contributed by atoms with Crippen LogP contribution in [0.5, 0.6) is 0 Å². The third kappa shape index (κ3) is 3.43. The third-order valence-electron chi connectivity index (χ3n) is 9.37. The summed E-state index contributed by atoms with van der Waals surface area (Å²) in [6, 6.07) is 41.6. The fourth-order valence-electron chi connectivity index (χ4n) is 7.56. The average molecular weight is 578 g/mol. The summed E-state index contributed by atoms with van der Waals surface area (Å²) in [5.41, 5.74) is 13.5. The van der Waals surface area contributed by atoms with E-state index < -0.39 is 0 Å². The Bertz CT molecular complexity index is 2430. The molecule has 0 spiro atoms. The van der Waals surface area contributed by atoms with Crippen molar-refractivity contribution in [1.29, 1.82) is 0 Å². The van der Waals surface area contributed by atoms with E-state index in [9.17, 15) is 0 Å². The summed E-state index contributed by atoms with van der Waals surface area (Å²) in [5.74, 6) is 0. The minimum absolute atomic E-state index is 0.908. The fraction of sp³-hybridized carbons (Fsp3) is 0.0500. The lowest BCUT2D eigenvalue weighted by atomic mass is 10.0. The number of pyridine rings is 2. The Balaban J connectivity index is 1.37. The van der Waals surface area contributed by atoms with Gasteiger partial charge in [-0.05, 0) is 73.5 Å². The van der Waals surface area contributed by atoms with Gasteiger partial charge in [-0.25, -0.2) is 0 Å². The van der Waals surface area contributed by atoms with Crippen molar-refractivity contribution >= 4 is 60.9 Å². The molecule has 0 N–H and O–H groups in total. The molecule has 5 aromatic heterocycles. The molecule has 1 aliphatic rings. The monoisotopic (exact) mass is 577 g/mol. The number of hydrogen-bond donors (Lipinski definition) is 0. The predicted molar refractivity (Wildman–Crippen MR) is 185 cm³/mol. The molecule has 0 saturated heterocycles. The molecule has 0 fully saturated rings. The van der Waals surface area contributed by atoms with E-state index in [4.69, 9.17) is 9.97 Å². The quantitative estimate of drug-likeness (QED) is 0.210. The largest absolute Gasteiger partial charge is 0.313 e. The molecule has 9 aromatic rings. The van der Waals surface area contributed by atoms with Crippen LogP contribution in [0.1, 0.15) is 17.7 Å². The molecule has 0 aliphatic heterocycles. The van der Waals surface area contributed by atoms with Gasteiger partial charge in [0.1, 0.15) is 11.0 Å². The first-order valence-electron chi connectivity index (χ1n) is 15.5. The van der Waals surface area contributed by atoms with E-state index >= 15 is 0 Å². The summed E-state index contributed by atoms with van der Waals surface area (Å²) in [5, 5.41) is 3.79. The van der Waals surface area contributed by atoms with E-state index in [1.807, 2.05) is 24.5 Å². The lowest BCUT2D eigenvalue weighted by Gasteiger charge is -2.19. The predicted octanol–water partition coefficient (Wildman–Crippen LogP) is 9.57. The molecule has 10 rings (SSSR count). The summed E-state index contributed by atoms with van der Waals surface area (Å²) < 4.78 is 7.23. The molecule has 0 saturated carbocycles. The molecule has 0 radical (unpaired) electrons. The molecule has 5 heterocycles. The molecular weight excluding hydrogens is 550 g/mol. The second kappa shape index (κ2) is 9.28. The Morgan fingerprint density at radius 1 is 0.467 bits per heavy atom. The first kappa shape index (κ1) is 24.5. The molecule has 1 aliphatic carbocycles. The third-order valence-corrected chi connectivity index (χ3v) is 9.37. The van der Waals surface area contributed by atoms with Gasteiger partial charge < -0.3 is 13.7 Å². The maximum absolute atomic E-state index is 4.78. The molecule has 212 valence electrons. The molecule has 0 amide bonds. The van der Waals surface area contributed by atoms with Crippen LogP contribution in [0.3, 0.4) is 0 Å². The van der Waals surface area contributed by atoms with Crippen LogP contribution in [0.2, 0.25) is 0 Å². The van der Waals surface area contributed by atoms with Gasteiger partial charge in [0, 0.05) is 39.8 Å². The molecule has 0 atom stereocenters.